The van der Waals surface area contributed by atoms with E-state index in [1.807, 2.05) is 19.1 Å². The van der Waals surface area contributed by atoms with Crippen LogP contribution in [0.5, 0.6) is 5.75 Å². The van der Waals surface area contributed by atoms with Crippen LogP contribution in [0.2, 0.25) is 0 Å². The van der Waals surface area contributed by atoms with Crippen molar-refractivity contribution in [2.75, 3.05) is 4.90 Å². The SMILES string of the molecule is Cc1ccc(C(=O)Oc2ccc(N3C(=O)[C@H]4[C@@H]5C=C[C@H]([C@H]6C[C@H]56)[C@@H]4C3=O)cc2)cc1. The van der Waals surface area contributed by atoms with Gasteiger partial charge in [0.1, 0.15) is 5.75 Å². The lowest BCUT2D eigenvalue weighted by molar-refractivity contribution is -0.124. The van der Waals surface area contributed by atoms with Crippen molar-refractivity contribution in [2.24, 2.45) is 35.5 Å². The highest BCUT2D eigenvalue weighted by Crippen LogP contribution is 2.65. The molecule has 4 aliphatic carbocycles. The number of imide groups is 1. The Balaban J connectivity index is 1.22. The maximum atomic E-state index is 13.2. The highest BCUT2D eigenvalue weighted by atomic mass is 16.5. The summed E-state index contributed by atoms with van der Waals surface area (Å²) in [4.78, 5) is 40.0. The Morgan fingerprint density at radius 2 is 1.43 bits per heavy atom. The van der Waals surface area contributed by atoms with E-state index in [2.05, 4.69) is 12.2 Å². The molecule has 1 heterocycles. The number of nitrogens with zero attached hydrogens (tertiary/aromatic N) is 1. The Morgan fingerprint density at radius 1 is 0.867 bits per heavy atom. The van der Waals surface area contributed by atoms with Gasteiger partial charge < -0.3 is 4.74 Å². The molecule has 5 nitrogen and oxygen atoms in total. The van der Waals surface area contributed by atoms with Crippen LogP contribution in [0.3, 0.4) is 0 Å². The van der Waals surface area contributed by atoms with E-state index < -0.39 is 5.97 Å². The van der Waals surface area contributed by atoms with Crippen LogP contribution >= 0.6 is 0 Å². The summed E-state index contributed by atoms with van der Waals surface area (Å²) in [5.41, 5.74) is 2.08. The number of benzene rings is 2. The maximum Gasteiger partial charge on any atom is 0.343 e. The summed E-state index contributed by atoms with van der Waals surface area (Å²) in [6.45, 7) is 1.95. The molecule has 5 aliphatic rings. The number of allylic oxidation sites excluding steroid dienone is 2. The average Bonchev–Trinajstić information content (AvgIpc) is 3.53. The summed E-state index contributed by atoms with van der Waals surface area (Å²) in [5, 5.41) is 0. The normalized spacial score (nSPS) is 32.8. The van der Waals surface area contributed by atoms with E-state index >= 15 is 0 Å². The van der Waals surface area contributed by atoms with Crippen LogP contribution < -0.4 is 9.64 Å². The number of amides is 2. The van der Waals surface area contributed by atoms with Crippen LogP contribution in [-0.4, -0.2) is 17.8 Å². The molecule has 0 N–H and O–H groups in total. The molecule has 5 heteroatoms. The van der Waals surface area contributed by atoms with E-state index in [1.54, 1.807) is 36.4 Å². The molecular formula is C25H21NO4. The minimum Gasteiger partial charge on any atom is -0.423 e. The molecule has 2 aromatic rings. The van der Waals surface area contributed by atoms with Gasteiger partial charge in [0.2, 0.25) is 11.8 Å². The molecule has 3 fully saturated rings. The molecule has 0 radical (unpaired) electrons. The van der Waals surface area contributed by atoms with Gasteiger partial charge in [0.15, 0.2) is 0 Å². The first-order chi connectivity index (χ1) is 14.5. The fourth-order valence-corrected chi connectivity index (χ4v) is 5.73. The summed E-state index contributed by atoms with van der Waals surface area (Å²) in [5.74, 6) is 0.932. The second-order valence-corrected chi connectivity index (χ2v) is 8.92. The molecule has 7 rings (SSSR count). The molecular weight excluding hydrogens is 378 g/mol. The topological polar surface area (TPSA) is 63.7 Å². The molecule has 6 atom stereocenters. The lowest BCUT2D eigenvalue weighted by atomic mass is 9.63. The van der Waals surface area contributed by atoms with Gasteiger partial charge in [0.05, 0.1) is 23.1 Å². The number of ether oxygens (including phenoxy) is 1. The zero-order valence-electron chi connectivity index (χ0n) is 16.5. The fourth-order valence-electron chi connectivity index (χ4n) is 5.73. The molecule has 1 aliphatic heterocycles. The summed E-state index contributed by atoms with van der Waals surface area (Å²) in [6, 6.07) is 13.8. The monoisotopic (exact) mass is 399 g/mol. The van der Waals surface area contributed by atoms with E-state index in [-0.39, 0.29) is 35.5 Å². The Labute approximate surface area is 174 Å². The summed E-state index contributed by atoms with van der Waals surface area (Å²) < 4.78 is 5.43. The molecule has 0 unspecified atom stereocenters. The number of esters is 1. The second-order valence-electron chi connectivity index (χ2n) is 8.92. The molecule has 2 saturated carbocycles. The zero-order valence-corrected chi connectivity index (χ0v) is 16.5. The van der Waals surface area contributed by atoms with Crippen LogP contribution in [0.25, 0.3) is 0 Å². The van der Waals surface area contributed by atoms with Gasteiger partial charge >= 0.3 is 5.97 Å². The number of rotatable bonds is 3. The molecule has 0 spiro atoms. The third-order valence-electron chi connectivity index (χ3n) is 7.26. The van der Waals surface area contributed by atoms with Crippen molar-refractivity contribution >= 4 is 23.5 Å². The van der Waals surface area contributed by atoms with Crippen molar-refractivity contribution in [1.29, 1.82) is 0 Å². The number of hydrogen-bond acceptors (Lipinski definition) is 4. The van der Waals surface area contributed by atoms with Gasteiger partial charge in [-0.15, -0.1) is 0 Å². The molecule has 150 valence electrons. The third kappa shape index (κ3) is 2.44. The van der Waals surface area contributed by atoms with E-state index in [1.165, 1.54) is 4.90 Å². The Bertz CT molecular complexity index is 1060. The molecule has 2 aromatic carbocycles. The van der Waals surface area contributed by atoms with Gasteiger partial charge in [-0.1, -0.05) is 29.8 Å². The molecule has 30 heavy (non-hydrogen) atoms. The zero-order chi connectivity index (χ0) is 20.6. The Kier molecular flexibility index (Phi) is 3.61. The highest BCUT2D eigenvalue weighted by molar-refractivity contribution is 6.22. The standard InChI is InChI=1S/C25H21NO4/c1-13-2-4-14(5-3-13)25(29)30-16-8-6-15(7-9-16)26-23(27)21-17-10-11-18(20-12-19(17)20)22(21)24(26)28/h2-11,17-22H,12H2,1H3/t17-,18-,19-,20-,21+,22+/m1/s1. The predicted molar refractivity (Wildman–Crippen MR) is 110 cm³/mol. The quantitative estimate of drug-likeness (QED) is 0.341. The largest absolute Gasteiger partial charge is 0.423 e. The van der Waals surface area contributed by atoms with Crippen LogP contribution in [0, 0.1) is 42.4 Å². The van der Waals surface area contributed by atoms with Gasteiger partial charge in [-0.3, -0.25) is 14.5 Å². The summed E-state index contributed by atoms with van der Waals surface area (Å²) in [6.07, 6.45) is 5.49. The molecule has 0 aromatic heterocycles. The van der Waals surface area contributed by atoms with Crippen molar-refractivity contribution in [2.45, 2.75) is 13.3 Å². The van der Waals surface area contributed by atoms with Crippen molar-refractivity contribution < 1.29 is 19.1 Å². The number of aryl methyl sites for hydroxylation is 1. The third-order valence-corrected chi connectivity index (χ3v) is 7.26. The average molecular weight is 399 g/mol. The van der Waals surface area contributed by atoms with Crippen molar-refractivity contribution in [3.8, 4) is 5.75 Å². The van der Waals surface area contributed by atoms with Gasteiger partial charge in [-0.2, -0.15) is 0 Å². The first kappa shape index (κ1) is 17.6. The van der Waals surface area contributed by atoms with E-state index in [0.717, 1.165) is 12.0 Å². The van der Waals surface area contributed by atoms with Gasteiger partial charge in [0, 0.05) is 0 Å². The van der Waals surface area contributed by atoms with Crippen LogP contribution in [0.4, 0.5) is 5.69 Å². The number of carbonyl (C=O) groups excluding carboxylic acids is 3. The summed E-state index contributed by atoms with van der Waals surface area (Å²) in [7, 11) is 0. The number of anilines is 1. The van der Waals surface area contributed by atoms with E-state index in [9.17, 15) is 14.4 Å². The Morgan fingerprint density at radius 3 is 2.00 bits per heavy atom. The predicted octanol–water partition coefficient (Wildman–Crippen LogP) is 3.77. The van der Waals surface area contributed by atoms with Gasteiger partial charge in [-0.25, -0.2) is 4.79 Å². The van der Waals surface area contributed by atoms with E-state index in [0.29, 0.717) is 28.8 Å². The first-order valence-electron chi connectivity index (χ1n) is 10.5. The van der Waals surface area contributed by atoms with E-state index in [4.69, 9.17) is 4.74 Å². The molecule has 1 saturated heterocycles. The summed E-state index contributed by atoms with van der Waals surface area (Å²) >= 11 is 0. The lowest BCUT2D eigenvalue weighted by Crippen LogP contribution is -2.40. The first-order valence-corrected chi connectivity index (χ1v) is 10.5. The van der Waals surface area contributed by atoms with Gasteiger partial charge in [-0.05, 0) is 73.4 Å². The molecule has 2 amide bonds. The van der Waals surface area contributed by atoms with Crippen LogP contribution in [-0.2, 0) is 9.59 Å². The number of hydrogen-bond donors (Lipinski definition) is 0. The molecule has 2 bridgehead atoms. The second kappa shape index (κ2) is 6.14. The smallest absolute Gasteiger partial charge is 0.343 e. The van der Waals surface area contributed by atoms with Crippen molar-refractivity contribution in [1.82, 2.24) is 0 Å². The van der Waals surface area contributed by atoms with Crippen LogP contribution in [0.15, 0.2) is 60.7 Å². The van der Waals surface area contributed by atoms with Gasteiger partial charge in [0.25, 0.3) is 0 Å². The fraction of sp³-hybridized carbons (Fsp3) is 0.320. The lowest BCUT2D eigenvalue weighted by Gasteiger charge is -2.37. The number of carbonyl (C=O) groups is 3. The highest BCUT2D eigenvalue weighted by Gasteiger charge is 2.67. The van der Waals surface area contributed by atoms with Crippen LogP contribution in [0.1, 0.15) is 22.3 Å². The van der Waals surface area contributed by atoms with Crippen molar-refractivity contribution in [3.63, 3.8) is 0 Å². The van der Waals surface area contributed by atoms with Crippen molar-refractivity contribution in [3.05, 3.63) is 71.8 Å². The maximum absolute atomic E-state index is 13.2. The minimum absolute atomic E-state index is 0.0842. The minimum atomic E-state index is -0.441. The Hall–Kier alpha value is -3.21.